The molecular formula is C20H14Cl2F3N3O3. The molecular weight excluding hydrogens is 458 g/mol. The first kappa shape index (κ1) is 22.6. The minimum Gasteiger partial charge on any atom is -0.460 e. The van der Waals surface area contributed by atoms with Crippen molar-refractivity contribution in [3.05, 3.63) is 86.3 Å². The summed E-state index contributed by atoms with van der Waals surface area (Å²) in [7, 11) is 0. The second-order valence-corrected chi connectivity index (χ2v) is 7.02. The van der Waals surface area contributed by atoms with E-state index >= 15 is 0 Å². The molecule has 0 aliphatic rings. The van der Waals surface area contributed by atoms with Crippen molar-refractivity contribution in [3.8, 4) is 5.69 Å². The van der Waals surface area contributed by atoms with E-state index < -0.39 is 23.3 Å². The predicted molar refractivity (Wildman–Crippen MR) is 110 cm³/mol. The quantitative estimate of drug-likeness (QED) is 0.411. The highest BCUT2D eigenvalue weighted by Gasteiger charge is 2.31. The molecule has 0 atom stereocenters. The normalized spacial score (nSPS) is 11.3. The number of halogens is 5. The maximum Gasteiger partial charge on any atom is 0.416 e. The Morgan fingerprint density at radius 3 is 2.58 bits per heavy atom. The van der Waals surface area contributed by atoms with Crippen LogP contribution >= 0.6 is 23.2 Å². The van der Waals surface area contributed by atoms with Gasteiger partial charge in [-0.3, -0.25) is 4.79 Å². The molecule has 0 saturated heterocycles. The van der Waals surface area contributed by atoms with Gasteiger partial charge in [-0.2, -0.15) is 23.0 Å². The van der Waals surface area contributed by atoms with Crippen LogP contribution in [0.2, 0.25) is 10.0 Å². The average molecular weight is 472 g/mol. The van der Waals surface area contributed by atoms with E-state index in [1.54, 1.807) is 24.3 Å². The smallest absolute Gasteiger partial charge is 0.416 e. The molecule has 0 spiro atoms. The zero-order valence-electron chi connectivity index (χ0n) is 15.6. The zero-order chi connectivity index (χ0) is 22.6. The van der Waals surface area contributed by atoms with Gasteiger partial charge in [-0.05, 0) is 36.4 Å². The molecule has 0 amide bonds. The largest absolute Gasteiger partial charge is 0.460 e. The van der Waals surface area contributed by atoms with Gasteiger partial charge >= 0.3 is 12.1 Å². The summed E-state index contributed by atoms with van der Waals surface area (Å²) in [6, 6.07) is 10.4. The fourth-order valence-electron chi connectivity index (χ4n) is 2.58. The van der Waals surface area contributed by atoms with Gasteiger partial charge in [-0.25, -0.2) is 4.79 Å². The van der Waals surface area contributed by atoms with Gasteiger partial charge in [0.1, 0.15) is 11.6 Å². The van der Waals surface area contributed by atoms with Crippen molar-refractivity contribution in [3.63, 3.8) is 0 Å². The summed E-state index contributed by atoms with van der Waals surface area (Å²) >= 11 is 12.0. The molecule has 0 bridgehead atoms. The van der Waals surface area contributed by atoms with Crippen molar-refractivity contribution in [2.45, 2.75) is 6.18 Å². The first-order valence-electron chi connectivity index (χ1n) is 8.79. The van der Waals surface area contributed by atoms with Crippen molar-refractivity contribution in [1.82, 2.24) is 9.78 Å². The van der Waals surface area contributed by atoms with E-state index in [4.69, 9.17) is 27.9 Å². The molecule has 0 radical (unpaired) electrons. The Hall–Kier alpha value is -3.04. The van der Waals surface area contributed by atoms with E-state index in [0.717, 1.165) is 16.8 Å². The van der Waals surface area contributed by atoms with Gasteiger partial charge < -0.3 is 10.1 Å². The Morgan fingerprint density at radius 2 is 1.87 bits per heavy atom. The van der Waals surface area contributed by atoms with Crippen molar-refractivity contribution in [2.24, 2.45) is 0 Å². The number of hydrogen-bond donors (Lipinski definition) is 1. The summed E-state index contributed by atoms with van der Waals surface area (Å²) in [5.74, 6) is -0.909. The third-order valence-electron chi connectivity index (χ3n) is 4.05. The molecule has 1 N–H and O–H groups in total. The first-order valence-corrected chi connectivity index (χ1v) is 9.54. The number of nitrogens with one attached hydrogen (secondary N) is 1. The summed E-state index contributed by atoms with van der Waals surface area (Å²) in [6.45, 7) is -0.129. The van der Waals surface area contributed by atoms with Crippen LogP contribution < -0.4 is 10.9 Å². The molecule has 0 unspecified atom stereocenters. The van der Waals surface area contributed by atoms with Crippen LogP contribution in [0.3, 0.4) is 0 Å². The number of carbonyl (C=O) groups is 1. The minimum atomic E-state index is -4.56. The Morgan fingerprint density at radius 1 is 1.13 bits per heavy atom. The summed E-state index contributed by atoms with van der Waals surface area (Å²) < 4.78 is 44.3. The molecule has 1 aromatic heterocycles. The van der Waals surface area contributed by atoms with Crippen molar-refractivity contribution < 1.29 is 22.7 Å². The molecule has 11 heteroatoms. The molecule has 1 heterocycles. The Kier molecular flexibility index (Phi) is 6.87. The van der Waals surface area contributed by atoms with Crippen LogP contribution in [-0.4, -0.2) is 28.9 Å². The van der Waals surface area contributed by atoms with Gasteiger partial charge in [0.2, 0.25) is 0 Å². The number of rotatable bonds is 6. The maximum absolute atomic E-state index is 12.7. The monoisotopic (exact) mass is 471 g/mol. The number of hydrogen-bond acceptors (Lipinski definition) is 5. The lowest BCUT2D eigenvalue weighted by molar-refractivity contribution is -0.137. The summed E-state index contributed by atoms with van der Waals surface area (Å²) in [5, 5.41) is 7.11. The molecule has 162 valence electrons. The minimum absolute atomic E-state index is 0.0483. The first-order chi connectivity index (χ1) is 14.7. The second-order valence-electron chi connectivity index (χ2n) is 6.21. The number of alkyl halides is 3. The highest BCUT2D eigenvalue weighted by molar-refractivity contribution is 6.33. The van der Waals surface area contributed by atoms with Crippen molar-refractivity contribution >= 4 is 34.9 Å². The van der Waals surface area contributed by atoms with Crippen LogP contribution in [0, 0.1) is 0 Å². The molecule has 0 fully saturated rings. The Balaban J connectivity index is 1.61. The lowest BCUT2D eigenvalue weighted by atomic mass is 10.1. The van der Waals surface area contributed by atoms with Crippen LogP contribution in [-0.2, 0) is 10.9 Å². The van der Waals surface area contributed by atoms with Crippen LogP contribution in [0.4, 0.5) is 18.9 Å². The molecule has 0 saturated carbocycles. The average Bonchev–Trinajstić information content (AvgIpc) is 2.73. The second kappa shape index (κ2) is 9.40. The fourth-order valence-corrected chi connectivity index (χ4v) is 2.96. The number of benzene rings is 2. The van der Waals surface area contributed by atoms with Crippen LogP contribution in [0.5, 0.6) is 0 Å². The fraction of sp³-hybridized carbons (Fsp3) is 0.150. The van der Waals surface area contributed by atoms with Gasteiger partial charge in [-0.15, -0.1) is 0 Å². The molecule has 0 aliphatic carbocycles. The number of ether oxygens (including phenoxy) is 1. The number of anilines is 1. The summed E-state index contributed by atoms with van der Waals surface area (Å²) in [6.07, 6.45) is -3.24. The predicted octanol–water partition coefficient (Wildman–Crippen LogP) is 4.83. The Labute approximate surface area is 184 Å². The standard InChI is InChI=1S/C20H14Cl2F3N3O3/c21-14-5-2-6-15(10-14)28-18(29)17(22)16(11-27-28)26-7-8-31-19(30)12-3-1-4-13(9-12)20(23,24)25/h1-6,9-11,26H,7-8H2. The lowest BCUT2D eigenvalue weighted by Crippen LogP contribution is -2.23. The maximum atomic E-state index is 12.7. The van der Waals surface area contributed by atoms with E-state index in [1.165, 1.54) is 12.3 Å². The van der Waals surface area contributed by atoms with E-state index in [-0.39, 0.29) is 29.4 Å². The van der Waals surface area contributed by atoms with Gasteiger partial charge in [0.15, 0.2) is 0 Å². The highest BCUT2D eigenvalue weighted by atomic mass is 35.5. The van der Waals surface area contributed by atoms with E-state index in [0.29, 0.717) is 16.8 Å². The van der Waals surface area contributed by atoms with Crippen LogP contribution in [0.15, 0.2) is 59.5 Å². The molecule has 0 aliphatic heterocycles. The number of carbonyl (C=O) groups excluding carboxylic acids is 1. The number of nitrogens with zero attached hydrogens (tertiary/aromatic N) is 2. The van der Waals surface area contributed by atoms with E-state index in [9.17, 15) is 22.8 Å². The lowest BCUT2D eigenvalue weighted by Gasteiger charge is -2.11. The van der Waals surface area contributed by atoms with Crippen LogP contribution in [0.1, 0.15) is 15.9 Å². The highest BCUT2D eigenvalue weighted by Crippen LogP contribution is 2.29. The third kappa shape index (κ3) is 5.56. The molecule has 3 aromatic rings. The molecule has 6 nitrogen and oxygen atoms in total. The van der Waals surface area contributed by atoms with Gasteiger partial charge in [0, 0.05) is 11.6 Å². The van der Waals surface area contributed by atoms with Gasteiger partial charge in [0.05, 0.1) is 28.7 Å². The molecule has 2 aromatic carbocycles. The van der Waals surface area contributed by atoms with Crippen LogP contribution in [0.25, 0.3) is 5.69 Å². The topological polar surface area (TPSA) is 73.2 Å². The summed E-state index contributed by atoms with van der Waals surface area (Å²) in [5.41, 5.74) is -1.12. The van der Waals surface area contributed by atoms with Crippen molar-refractivity contribution in [2.75, 3.05) is 18.5 Å². The number of aromatic nitrogens is 2. The van der Waals surface area contributed by atoms with E-state index in [1.807, 2.05) is 0 Å². The SMILES string of the molecule is O=C(OCCNc1cnn(-c2cccc(Cl)c2)c(=O)c1Cl)c1cccc(C(F)(F)F)c1. The van der Waals surface area contributed by atoms with Gasteiger partial charge in [-0.1, -0.05) is 35.3 Å². The number of esters is 1. The Bertz CT molecular complexity index is 1170. The third-order valence-corrected chi connectivity index (χ3v) is 4.65. The van der Waals surface area contributed by atoms with Crippen molar-refractivity contribution in [1.29, 1.82) is 0 Å². The summed E-state index contributed by atoms with van der Waals surface area (Å²) in [4.78, 5) is 24.4. The molecule has 3 rings (SSSR count). The molecule has 31 heavy (non-hydrogen) atoms. The zero-order valence-corrected chi connectivity index (χ0v) is 17.1. The van der Waals surface area contributed by atoms with Gasteiger partial charge in [0.25, 0.3) is 5.56 Å². The van der Waals surface area contributed by atoms with E-state index in [2.05, 4.69) is 10.4 Å².